The summed E-state index contributed by atoms with van der Waals surface area (Å²) in [5, 5.41) is 0. The molecule has 0 aliphatic carbocycles. The van der Waals surface area contributed by atoms with E-state index >= 15 is 0 Å². The molecule has 21 heavy (non-hydrogen) atoms. The maximum absolute atomic E-state index is 4.52. The molecule has 110 valence electrons. The Morgan fingerprint density at radius 3 is 2.10 bits per heavy atom. The maximum Gasteiger partial charge on any atom is 0.225 e. The Morgan fingerprint density at radius 1 is 0.905 bits per heavy atom. The van der Waals surface area contributed by atoms with Gasteiger partial charge in [-0.1, -0.05) is 0 Å². The van der Waals surface area contributed by atoms with Crippen LogP contribution >= 0.6 is 0 Å². The molecule has 0 bridgehead atoms. The first kappa shape index (κ1) is 13.9. The van der Waals surface area contributed by atoms with Crippen molar-refractivity contribution in [3.8, 4) is 11.1 Å². The van der Waals surface area contributed by atoms with Crippen molar-refractivity contribution in [2.24, 2.45) is 0 Å². The molecule has 1 fully saturated rings. The van der Waals surface area contributed by atoms with Crippen molar-refractivity contribution in [2.45, 2.75) is 19.9 Å². The molecule has 0 saturated carbocycles. The minimum absolute atomic E-state index is 0.613. The highest BCUT2D eigenvalue weighted by Gasteiger charge is 2.20. The largest absolute Gasteiger partial charge is 0.338 e. The van der Waals surface area contributed by atoms with Gasteiger partial charge in [0.25, 0.3) is 0 Å². The van der Waals surface area contributed by atoms with Gasteiger partial charge >= 0.3 is 0 Å². The Bertz CT molecular complexity index is 559. The van der Waals surface area contributed by atoms with Crippen LogP contribution in [0.15, 0.2) is 36.9 Å². The van der Waals surface area contributed by atoms with Crippen molar-refractivity contribution in [3.05, 3.63) is 36.9 Å². The lowest BCUT2D eigenvalue weighted by molar-refractivity contribution is 0.208. The zero-order valence-corrected chi connectivity index (χ0v) is 12.6. The van der Waals surface area contributed by atoms with E-state index in [4.69, 9.17) is 0 Å². The van der Waals surface area contributed by atoms with E-state index in [0.717, 1.165) is 43.3 Å². The Kier molecular flexibility index (Phi) is 4.10. The topological polar surface area (TPSA) is 45.2 Å². The summed E-state index contributed by atoms with van der Waals surface area (Å²) in [6.45, 7) is 8.63. The quantitative estimate of drug-likeness (QED) is 0.863. The fourth-order valence-corrected chi connectivity index (χ4v) is 2.62. The second kappa shape index (κ2) is 6.18. The highest BCUT2D eigenvalue weighted by atomic mass is 15.3. The van der Waals surface area contributed by atoms with Gasteiger partial charge in [0, 0.05) is 62.6 Å². The zero-order valence-electron chi connectivity index (χ0n) is 12.6. The second-order valence-corrected chi connectivity index (χ2v) is 5.62. The predicted octanol–water partition coefficient (Wildman–Crippen LogP) is 2.07. The molecular formula is C16H21N5. The number of hydrogen-bond acceptors (Lipinski definition) is 5. The van der Waals surface area contributed by atoms with Crippen LogP contribution in [0, 0.1) is 0 Å². The standard InChI is InChI=1S/C16H21N5/c1-13(2)20-7-9-21(10-8-20)16-18-11-15(12-19-16)14-3-5-17-6-4-14/h3-6,11-13H,7-10H2,1-2H3. The summed E-state index contributed by atoms with van der Waals surface area (Å²) >= 11 is 0. The normalized spacial score (nSPS) is 16.4. The maximum atomic E-state index is 4.52. The summed E-state index contributed by atoms with van der Waals surface area (Å²) in [7, 11) is 0. The number of nitrogens with zero attached hydrogens (tertiary/aromatic N) is 5. The number of rotatable bonds is 3. The van der Waals surface area contributed by atoms with Crippen LogP contribution in [0.3, 0.4) is 0 Å². The lowest BCUT2D eigenvalue weighted by atomic mass is 10.1. The average molecular weight is 283 g/mol. The third kappa shape index (κ3) is 3.19. The molecule has 0 amide bonds. The molecule has 0 N–H and O–H groups in total. The molecule has 3 heterocycles. The van der Waals surface area contributed by atoms with Crippen LogP contribution < -0.4 is 4.90 Å². The van der Waals surface area contributed by atoms with Crippen LogP contribution in [0.25, 0.3) is 11.1 Å². The van der Waals surface area contributed by atoms with E-state index in [0.29, 0.717) is 6.04 Å². The van der Waals surface area contributed by atoms with E-state index in [1.807, 2.05) is 24.5 Å². The van der Waals surface area contributed by atoms with E-state index in [2.05, 4.69) is 38.6 Å². The molecule has 3 rings (SSSR count). The lowest BCUT2D eigenvalue weighted by Gasteiger charge is -2.36. The highest BCUT2D eigenvalue weighted by Crippen LogP contribution is 2.18. The summed E-state index contributed by atoms with van der Waals surface area (Å²) in [4.78, 5) is 17.8. The van der Waals surface area contributed by atoms with Gasteiger partial charge in [0.05, 0.1) is 0 Å². The van der Waals surface area contributed by atoms with Gasteiger partial charge < -0.3 is 4.90 Å². The van der Waals surface area contributed by atoms with Gasteiger partial charge in [0.1, 0.15) is 0 Å². The minimum Gasteiger partial charge on any atom is -0.338 e. The first-order chi connectivity index (χ1) is 10.2. The van der Waals surface area contributed by atoms with Gasteiger partial charge in [-0.25, -0.2) is 9.97 Å². The molecule has 1 aliphatic heterocycles. The van der Waals surface area contributed by atoms with Crippen LogP contribution in [0.1, 0.15) is 13.8 Å². The molecule has 0 radical (unpaired) electrons. The summed E-state index contributed by atoms with van der Waals surface area (Å²) in [6.07, 6.45) is 7.36. The fraction of sp³-hybridized carbons (Fsp3) is 0.438. The van der Waals surface area contributed by atoms with Crippen LogP contribution in [0.2, 0.25) is 0 Å². The first-order valence-electron chi connectivity index (χ1n) is 7.45. The van der Waals surface area contributed by atoms with Gasteiger partial charge in [-0.3, -0.25) is 9.88 Å². The van der Waals surface area contributed by atoms with Crippen LogP contribution in [0.5, 0.6) is 0 Å². The van der Waals surface area contributed by atoms with E-state index in [1.54, 1.807) is 12.4 Å². The van der Waals surface area contributed by atoms with Gasteiger partial charge in [0.2, 0.25) is 5.95 Å². The van der Waals surface area contributed by atoms with Crippen molar-refractivity contribution in [3.63, 3.8) is 0 Å². The predicted molar refractivity (Wildman–Crippen MR) is 84.2 cm³/mol. The van der Waals surface area contributed by atoms with Crippen LogP contribution in [-0.4, -0.2) is 52.1 Å². The summed E-state index contributed by atoms with van der Waals surface area (Å²) in [6, 6.07) is 4.56. The number of hydrogen-bond donors (Lipinski definition) is 0. The highest BCUT2D eigenvalue weighted by molar-refractivity contribution is 5.61. The first-order valence-corrected chi connectivity index (χ1v) is 7.45. The molecule has 0 aromatic carbocycles. The Hall–Kier alpha value is -2.01. The minimum atomic E-state index is 0.613. The second-order valence-electron chi connectivity index (χ2n) is 5.62. The van der Waals surface area contributed by atoms with E-state index in [9.17, 15) is 0 Å². The van der Waals surface area contributed by atoms with Gasteiger partial charge in [0.15, 0.2) is 0 Å². The van der Waals surface area contributed by atoms with Crippen molar-refractivity contribution in [1.29, 1.82) is 0 Å². The molecule has 5 nitrogen and oxygen atoms in total. The van der Waals surface area contributed by atoms with Gasteiger partial charge in [-0.2, -0.15) is 0 Å². The summed E-state index contributed by atoms with van der Waals surface area (Å²) in [5.41, 5.74) is 2.13. The van der Waals surface area contributed by atoms with Crippen molar-refractivity contribution in [2.75, 3.05) is 31.1 Å². The molecule has 0 atom stereocenters. The van der Waals surface area contributed by atoms with Crippen LogP contribution in [-0.2, 0) is 0 Å². The Labute approximate surface area is 125 Å². The average Bonchev–Trinajstić information content (AvgIpc) is 2.56. The number of aromatic nitrogens is 3. The Balaban J connectivity index is 1.68. The SMILES string of the molecule is CC(C)N1CCN(c2ncc(-c3ccncc3)cn2)CC1. The number of piperazine rings is 1. The lowest BCUT2D eigenvalue weighted by Crippen LogP contribution is -2.49. The molecule has 0 unspecified atom stereocenters. The van der Waals surface area contributed by atoms with Gasteiger partial charge in [-0.15, -0.1) is 0 Å². The molecule has 1 saturated heterocycles. The molecule has 0 spiro atoms. The fourth-order valence-electron chi connectivity index (χ4n) is 2.62. The van der Waals surface area contributed by atoms with Crippen LogP contribution in [0.4, 0.5) is 5.95 Å². The molecular weight excluding hydrogens is 262 g/mol. The number of anilines is 1. The molecule has 1 aliphatic rings. The van der Waals surface area contributed by atoms with E-state index in [-0.39, 0.29) is 0 Å². The third-order valence-electron chi connectivity index (χ3n) is 3.98. The Morgan fingerprint density at radius 2 is 1.52 bits per heavy atom. The molecule has 5 heteroatoms. The van der Waals surface area contributed by atoms with Gasteiger partial charge in [-0.05, 0) is 31.5 Å². The summed E-state index contributed by atoms with van der Waals surface area (Å²) in [5.74, 6) is 0.830. The smallest absolute Gasteiger partial charge is 0.225 e. The van der Waals surface area contributed by atoms with Crippen molar-refractivity contribution < 1.29 is 0 Å². The van der Waals surface area contributed by atoms with Crippen molar-refractivity contribution in [1.82, 2.24) is 19.9 Å². The van der Waals surface area contributed by atoms with Crippen molar-refractivity contribution >= 4 is 5.95 Å². The monoisotopic (exact) mass is 283 g/mol. The third-order valence-corrected chi connectivity index (χ3v) is 3.98. The molecule has 2 aromatic heterocycles. The van der Waals surface area contributed by atoms with E-state index in [1.165, 1.54) is 0 Å². The zero-order chi connectivity index (χ0) is 14.7. The van der Waals surface area contributed by atoms with E-state index < -0.39 is 0 Å². The summed E-state index contributed by atoms with van der Waals surface area (Å²) < 4.78 is 0. The molecule has 2 aromatic rings. The number of pyridine rings is 1.